The predicted molar refractivity (Wildman–Crippen MR) is 122 cm³/mol. The van der Waals surface area contributed by atoms with Gasteiger partial charge in [0.05, 0.1) is 19.9 Å². The molecule has 2 aromatic carbocycles. The second kappa shape index (κ2) is 10.4. The summed E-state index contributed by atoms with van der Waals surface area (Å²) in [5, 5.41) is 17.6. The molecular weight excluding hydrogens is 412 g/mol. The molecule has 31 heavy (non-hydrogen) atoms. The highest BCUT2D eigenvalue weighted by Gasteiger charge is 2.20. The molecule has 0 atom stereocenters. The van der Waals surface area contributed by atoms with E-state index in [1.165, 1.54) is 17.8 Å². The van der Waals surface area contributed by atoms with E-state index in [-0.39, 0.29) is 5.82 Å². The summed E-state index contributed by atoms with van der Waals surface area (Å²) in [5.41, 5.74) is 1.92. The molecule has 1 aromatic heterocycles. The molecule has 8 heteroatoms. The molecule has 0 spiro atoms. The fourth-order valence-electron chi connectivity index (χ4n) is 2.89. The maximum Gasteiger partial charge on any atom is 0.249 e. The number of carbonyl (C=O) groups is 1. The van der Waals surface area contributed by atoms with Crippen LogP contribution in [0.15, 0.2) is 59.6 Å². The van der Waals surface area contributed by atoms with Gasteiger partial charge in [0.1, 0.15) is 16.7 Å². The van der Waals surface area contributed by atoms with Gasteiger partial charge in [0.2, 0.25) is 5.91 Å². The molecule has 1 heterocycles. The maximum atomic E-state index is 12.5. The Morgan fingerprint density at radius 2 is 1.94 bits per heavy atom. The predicted octanol–water partition coefficient (Wildman–Crippen LogP) is 4.53. The largest absolute Gasteiger partial charge is 0.493 e. The highest BCUT2D eigenvalue weighted by atomic mass is 32.2. The smallest absolute Gasteiger partial charge is 0.249 e. The number of benzene rings is 2. The summed E-state index contributed by atoms with van der Waals surface area (Å²) in [6.45, 7) is 2.00. The third kappa shape index (κ3) is 5.08. The van der Waals surface area contributed by atoms with E-state index in [1.54, 1.807) is 37.1 Å². The minimum absolute atomic E-state index is 0.226. The van der Waals surface area contributed by atoms with Gasteiger partial charge in [-0.15, -0.1) is 16.9 Å². The monoisotopic (exact) mass is 434 g/mol. The van der Waals surface area contributed by atoms with Crippen LogP contribution in [-0.2, 0) is 4.79 Å². The van der Waals surface area contributed by atoms with Gasteiger partial charge in [-0.3, -0.25) is 4.79 Å². The second-order valence-corrected chi connectivity index (χ2v) is 7.51. The third-order valence-electron chi connectivity index (χ3n) is 4.31. The summed E-state index contributed by atoms with van der Waals surface area (Å²) < 4.78 is 12.2. The molecule has 1 amide bonds. The van der Waals surface area contributed by atoms with Gasteiger partial charge < -0.3 is 14.8 Å². The summed E-state index contributed by atoms with van der Waals surface area (Å²) in [5.74, 6) is 1.77. The lowest BCUT2D eigenvalue weighted by Crippen LogP contribution is -2.09. The first kappa shape index (κ1) is 22.0. The van der Waals surface area contributed by atoms with Crippen molar-refractivity contribution in [3.05, 3.63) is 65.7 Å². The number of carbonyl (C=O) groups excluding carboxylic acids is 1. The molecular formula is C23H22N4O3S. The van der Waals surface area contributed by atoms with Gasteiger partial charge in [0.25, 0.3) is 0 Å². The van der Waals surface area contributed by atoms with Crippen molar-refractivity contribution in [2.45, 2.75) is 11.9 Å². The molecule has 0 aliphatic heterocycles. The number of thioether (sulfide) groups is 1. The summed E-state index contributed by atoms with van der Waals surface area (Å²) in [6, 6.07) is 17.0. The number of amides is 1. The van der Waals surface area contributed by atoms with Crippen LogP contribution in [0.3, 0.4) is 0 Å². The van der Waals surface area contributed by atoms with Crippen molar-refractivity contribution in [3.8, 4) is 23.3 Å². The number of aromatic nitrogens is 2. The second-order valence-electron chi connectivity index (χ2n) is 6.26. The Hall–Kier alpha value is -3.70. The lowest BCUT2D eigenvalue weighted by atomic mass is 10.2. The molecule has 158 valence electrons. The Morgan fingerprint density at radius 1 is 1.19 bits per heavy atom. The highest BCUT2D eigenvalue weighted by molar-refractivity contribution is 7.99. The first-order chi connectivity index (χ1) is 15.1. The Balaban J connectivity index is 1.86. The average Bonchev–Trinajstić information content (AvgIpc) is 3.15. The summed E-state index contributed by atoms with van der Waals surface area (Å²) in [7, 11) is 3.11. The van der Waals surface area contributed by atoms with Crippen LogP contribution in [0.4, 0.5) is 5.82 Å². The van der Waals surface area contributed by atoms with Crippen LogP contribution in [0.1, 0.15) is 18.1 Å². The zero-order valence-corrected chi connectivity index (χ0v) is 18.3. The SMILES string of the molecule is CCSc1c(C#N)c(NC(=O)/C=C/c2ccc(OC)c(OC)c2)nn1-c1ccccc1. The third-order valence-corrected chi connectivity index (χ3v) is 5.25. The molecule has 0 aliphatic carbocycles. The highest BCUT2D eigenvalue weighted by Crippen LogP contribution is 2.31. The Labute approximate surface area is 185 Å². The quantitative estimate of drug-likeness (QED) is 0.414. The Kier molecular flexibility index (Phi) is 7.35. The van der Waals surface area contributed by atoms with Gasteiger partial charge in [-0.05, 0) is 41.7 Å². The summed E-state index contributed by atoms with van der Waals surface area (Å²) in [6.07, 6.45) is 3.04. The molecule has 0 fully saturated rings. The minimum Gasteiger partial charge on any atom is -0.493 e. The van der Waals surface area contributed by atoms with Crippen molar-refractivity contribution in [1.82, 2.24) is 9.78 Å². The number of anilines is 1. The fraction of sp³-hybridized carbons (Fsp3) is 0.174. The first-order valence-corrected chi connectivity index (χ1v) is 10.5. The molecule has 0 radical (unpaired) electrons. The Morgan fingerprint density at radius 3 is 2.58 bits per heavy atom. The lowest BCUT2D eigenvalue weighted by molar-refractivity contribution is -0.111. The van der Waals surface area contributed by atoms with Crippen molar-refractivity contribution >= 4 is 29.6 Å². The van der Waals surface area contributed by atoms with E-state index in [4.69, 9.17) is 9.47 Å². The molecule has 0 saturated heterocycles. The van der Waals surface area contributed by atoms with Gasteiger partial charge in [0.15, 0.2) is 17.3 Å². The minimum atomic E-state index is -0.392. The van der Waals surface area contributed by atoms with Crippen molar-refractivity contribution in [1.29, 1.82) is 5.26 Å². The summed E-state index contributed by atoms with van der Waals surface area (Å²) in [4.78, 5) is 12.5. The molecule has 3 aromatic rings. The summed E-state index contributed by atoms with van der Waals surface area (Å²) >= 11 is 1.50. The van der Waals surface area contributed by atoms with E-state index >= 15 is 0 Å². The van der Waals surface area contributed by atoms with E-state index in [9.17, 15) is 10.1 Å². The average molecular weight is 435 g/mol. The van der Waals surface area contributed by atoms with Gasteiger partial charge in [-0.2, -0.15) is 5.26 Å². The zero-order valence-electron chi connectivity index (χ0n) is 17.5. The van der Waals surface area contributed by atoms with Gasteiger partial charge >= 0.3 is 0 Å². The molecule has 3 rings (SSSR count). The fourth-order valence-corrected chi connectivity index (χ4v) is 3.72. The van der Waals surface area contributed by atoms with Gasteiger partial charge in [-0.25, -0.2) is 4.68 Å². The number of methoxy groups -OCH3 is 2. The number of hydrogen-bond acceptors (Lipinski definition) is 6. The zero-order chi connectivity index (χ0) is 22.2. The van der Waals surface area contributed by atoms with Crippen LogP contribution < -0.4 is 14.8 Å². The van der Waals surface area contributed by atoms with Crippen LogP contribution in [0, 0.1) is 11.3 Å². The number of ether oxygens (including phenoxy) is 2. The van der Waals surface area contributed by atoms with Crippen LogP contribution in [-0.4, -0.2) is 35.7 Å². The number of nitriles is 1. The van der Waals surface area contributed by atoms with Crippen molar-refractivity contribution in [2.24, 2.45) is 0 Å². The molecule has 1 N–H and O–H groups in total. The van der Waals surface area contributed by atoms with Crippen LogP contribution in [0.2, 0.25) is 0 Å². The molecule has 0 bridgehead atoms. The van der Waals surface area contributed by atoms with E-state index in [0.29, 0.717) is 22.1 Å². The van der Waals surface area contributed by atoms with Crippen LogP contribution >= 0.6 is 11.8 Å². The van der Waals surface area contributed by atoms with Crippen LogP contribution in [0.25, 0.3) is 11.8 Å². The number of para-hydroxylation sites is 1. The number of nitrogens with zero attached hydrogens (tertiary/aromatic N) is 3. The van der Waals surface area contributed by atoms with Crippen LogP contribution in [0.5, 0.6) is 11.5 Å². The molecule has 7 nitrogen and oxygen atoms in total. The van der Waals surface area contributed by atoms with Gasteiger partial charge in [0, 0.05) is 6.08 Å². The lowest BCUT2D eigenvalue weighted by Gasteiger charge is -2.07. The standard InChI is InChI=1S/C23H22N4O3S/c1-4-31-23-18(15-24)22(26-27(23)17-8-6-5-7-9-17)25-21(28)13-11-16-10-12-19(29-2)20(14-16)30-3/h5-14H,4H2,1-3H3,(H,25,26,28)/b13-11+. The van der Waals surface area contributed by atoms with E-state index in [2.05, 4.69) is 16.5 Å². The van der Waals surface area contributed by atoms with Crippen molar-refractivity contribution in [3.63, 3.8) is 0 Å². The van der Waals surface area contributed by atoms with Crippen molar-refractivity contribution in [2.75, 3.05) is 25.3 Å². The van der Waals surface area contributed by atoms with E-state index in [0.717, 1.165) is 17.0 Å². The first-order valence-electron chi connectivity index (χ1n) is 9.53. The molecule has 0 saturated carbocycles. The van der Waals surface area contributed by atoms with E-state index < -0.39 is 5.91 Å². The normalized spacial score (nSPS) is 10.6. The molecule has 0 aliphatic rings. The number of nitrogens with one attached hydrogen (secondary N) is 1. The van der Waals surface area contributed by atoms with E-state index in [1.807, 2.05) is 43.3 Å². The van der Waals surface area contributed by atoms with Crippen molar-refractivity contribution < 1.29 is 14.3 Å². The topological polar surface area (TPSA) is 89.2 Å². The Bertz CT molecular complexity index is 1130. The number of rotatable bonds is 8. The number of hydrogen-bond donors (Lipinski definition) is 1. The van der Waals surface area contributed by atoms with Gasteiger partial charge in [-0.1, -0.05) is 31.2 Å². The molecule has 0 unspecified atom stereocenters. The maximum absolute atomic E-state index is 12.5.